The van der Waals surface area contributed by atoms with Crippen LogP contribution < -0.4 is 0 Å². The summed E-state index contributed by atoms with van der Waals surface area (Å²) in [7, 11) is 0. The number of ether oxygens (including phenoxy) is 1. The van der Waals surface area contributed by atoms with Gasteiger partial charge in [0, 0.05) is 31.0 Å². The fourth-order valence-electron chi connectivity index (χ4n) is 5.74. The van der Waals surface area contributed by atoms with Crippen LogP contribution in [0.25, 0.3) is 5.57 Å². The van der Waals surface area contributed by atoms with Gasteiger partial charge >= 0.3 is 5.97 Å². The second-order valence-corrected chi connectivity index (χ2v) is 10.4. The minimum Gasteiger partial charge on any atom is -0.489 e. The number of nitrogens with zero attached hydrogens (tertiary/aromatic N) is 1. The van der Waals surface area contributed by atoms with Gasteiger partial charge in [-0.3, -0.25) is 4.79 Å². The maximum atomic E-state index is 14.3. The van der Waals surface area contributed by atoms with Crippen molar-refractivity contribution in [2.24, 2.45) is 17.3 Å². The van der Waals surface area contributed by atoms with Crippen LogP contribution in [0.15, 0.2) is 71.0 Å². The Morgan fingerprint density at radius 3 is 2.74 bits per heavy atom. The topological polar surface area (TPSA) is 49.8 Å². The van der Waals surface area contributed by atoms with Gasteiger partial charge in [0.25, 0.3) is 5.92 Å². The molecule has 6 heteroatoms. The lowest BCUT2D eigenvalue weighted by Crippen LogP contribution is -2.30. The fraction of sp³-hybridized carbons (Fsp3) is 0.464. The first-order valence-electron chi connectivity index (χ1n) is 12.0. The van der Waals surface area contributed by atoms with Gasteiger partial charge in [-0.1, -0.05) is 42.5 Å². The highest BCUT2D eigenvalue weighted by molar-refractivity contribution is 5.81. The van der Waals surface area contributed by atoms with E-state index in [-0.39, 0.29) is 23.3 Å². The number of aliphatic carboxylic acids is 1. The Labute approximate surface area is 199 Å². The van der Waals surface area contributed by atoms with Crippen molar-refractivity contribution < 1.29 is 23.4 Å². The quantitative estimate of drug-likeness (QED) is 0.533. The van der Waals surface area contributed by atoms with Gasteiger partial charge < -0.3 is 14.7 Å². The van der Waals surface area contributed by atoms with Crippen LogP contribution in [-0.2, 0) is 9.53 Å². The maximum Gasteiger partial charge on any atom is 0.307 e. The number of carboxylic acid groups (broad SMARTS) is 1. The number of rotatable bonds is 8. The Hall–Kier alpha value is -2.73. The molecule has 1 aromatic rings. The summed E-state index contributed by atoms with van der Waals surface area (Å²) in [5, 5.41) is 9.27. The standard InChI is InChI=1S/C28H31F2NO3/c1-18-13-28(17-31-9-8-21(15-31)26(32)33)14-22(28)12-25(18)34-16-19-10-23(20-6-4-3-5-7-20)24(11-19)27(2,29)30/h3-7,10,12-13,21-22H,8-9,11,14-17H2,1-2H3,(H,32,33). The van der Waals surface area contributed by atoms with Crippen LogP contribution >= 0.6 is 0 Å². The van der Waals surface area contributed by atoms with Crippen LogP contribution in [0.5, 0.6) is 0 Å². The van der Waals surface area contributed by atoms with Crippen molar-refractivity contribution in [1.82, 2.24) is 4.90 Å². The monoisotopic (exact) mass is 467 g/mol. The molecule has 180 valence electrons. The van der Waals surface area contributed by atoms with Crippen LogP contribution in [0.1, 0.15) is 38.7 Å². The van der Waals surface area contributed by atoms with Gasteiger partial charge in [-0.05, 0) is 67.0 Å². The van der Waals surface area contributed by atoms with Crippen LogP contribution in [0.4, 0.5) is 8.78 Å². The molecule has 3 aliphatic carbocycles. The first-order chi connectivity index (χ1) is 16.1. The average Bonchev–Trinajstić information content (AvgIpc) is 3.13. The van der Waals surface area contributed by atoms with E-state index in [4.69, 9.17) is 4.74 Å². The van der Waals surface area contributed by atoms with Crippen molar-refractivity contribution in [2.75, 3.05) is 26.2 Å². The van der Waals surface area contributed by atoms with E-state index < -0.39 is 11.9 Å². The highest BCUT2D eigenvalue weighted by atomic mass is 19.3. The van der Waals surface area contributed by atoms with E-state index in [1.54, 1.807) is 0 Å². The van der Waals surface area contributed by atoms with Gasteiger partial charge in [-0.2, -0.15) is 0 Å². The molecule has 1 aromatic carbocycles. The molecule has 1 heterocycles. The lowest BCUT2D eigenvalue weighted by molar-refractivity contribution is -0.141. The Morgan fingerprint density at radius 1 is 1.29 bits per heavy atom. The van der Waals surface area contributed by atoms with Gasteiger partial charge in [0.1, 0.15) is 12.4 Å². The Kier molecular flexibility index (Phi) is 5.75. The summed E-state index contributed by atoms with van der Waals surface area (Å²) in [4.78, 5) is 13.5. The summed E-state index contributed by atoms with van der Waals surface area (Å²) in [6.07, 6.45) is 8.30. The Balaban J connectivity index is 1.22. The third-order valence-electron chi connectivity index (χ3n) is 7.67. The van der Waals surface area contributed by atoms with Crippen molar-refractivity contribution in [3.8, 4) is 0 Å². The van der Waals surface area contributed by atoms with Gasteiger partial charge in [-0.15, -0.1) is 0 Å². The zero-order chi connectivity index (χ0) is 24.1. The summed E-state index contributed by atoms with van der Waals surface area (Å²) in [6.45, 7) is 5.63. The van der Waals surface area contributed by atoms with E-state index in [1.807, 2.05) is 43.3 Å². The first-order valence-corrected chi connectivity index (χ1v) is 12.0. The zero-order valence-corrected chi connectivity index (χ0v) is 19.7. The van der Waals surface area contributed by atoms with E-state index in [0.717, 1.165) is 55.3 Å². The molecule has 0 bridgehead atoms. The molecule has 3 atom stereocenters. The maximum absolute atomic E-state index is 14.3. The van der Waals surface area contributed by atoms with E-state index in [2.05, 4.69) is 17.1 Å². The van der Waals surface area contributed by atoms with E-state index >= 15 is 0 Å². The van der Waals surface area contributed by atoms with Crippen molar-refractivity contribution in [3.63, 3.8) is 0 Å². The van der Waals surface area contributed by atoms with Crippen LogP contribution in [-0.4, -0.2) is 48.1 Å². The molecule has 0 aromatic heterocycles. The number of carboxylic acids is 1. The number of benzene rings is 1. The second-order valence-electron chi connectivity index (χ2n) is 10.4. The predicted molar refractivity (Wildman–Crippen MR) is 127 cm³/mol. The van der Waals surface area contributed by atoms with E-state index in [9.17, 15) is 18.7 Å². The fourth-order valence-corrected chi connectivity index (χ4v) is 5.74. The summed E-state index contributed by atoms with van der Waals surface area (Å²) >= 11 is 0. The molecule has 1 N–H and O–H groups in total. The number of halogens is 2. The smallest absolute Gasteiger partial charge is 0.307 e. The molecule has 0 radical (unpaired) electrons. The normalized spacial score (nSPS) is 28.9. The van der Waals surface area contributed by atoms with Gasteiger partial charge in [0.2, 0.25) is 0 Å². The van der Waals surface area contributed by atoms with Crippen LogP contribution in [0, 0.1) is 17.3 Å². The molecule has 4 aliphatic rings. The van der Waals surface area contributed by atoms with Crippen molar-refractivity contribution in [1.29, 1.82) is 0 Å². The number of likely N-dealkylation sites (tertiary alicyclic amines) is 1. The van der Waals surface area contributed by atoms with Crippen molar-refractivity contribution >= 4 is 11.5 Å². The molecule has 5 rings (SSSR count). The zero-order valence-electron chi connectivity index (χ0n) is 19.7. The van der Waals surface area contributed by atoms with Crippen molar-refractivity contribution in [2.45, 2.75) is 39.0 Å². The van der Waals surface area contributed by atoms with Crippen molar-refractivity contribution in [3.05, 3.63) is 76.6 Å². The highest BCUT2D eigenvalue weighted by Gasteiger charge is 2.54. The first kappa shape index (κ1) is 23.0. The van der Waals surface area contributed by atoms with Gasteiger partial charge in [0.05, 0.1) is 5.92 Å². The number of fused-ring (bicyclic) bond motifs is 1. The molecule has 0 amide bonds. The molecule has 2 fully saturated rings. The predicted octanol–water partition coefficient (Wildman–Crippen LogP) is 5.70. The molecule has 1 saturated heterocycles. The number of allylic oxidation sites excluding steroid dienone is 5. The number of carbonyl (C=O) groups is 1. The molecule has 34 heavy (non-hydrogen) atoms. The Morgan fingerprint density at radius 2 is 2.06 bits per heavy atom. The number of hydrogen-bond donors (Lipinski definition) is 1. The largest absolute Gasteiger partial charge is 0.489 e. The molecule has 0 spiro atoms. The summed E-state index contributed by atoms with van der Waals surface area (Å²) in [5.41, 5.74) is 3.55. The SMILES string of the molecule is CC1=CC2(CN3CCC(C(=O)O)C3)CC2C=C1OCC1=CC(c2ccccc2)=C(C(C)(F)F)C1. The third-order valence-corrected chi connectivity index (χ3v) is 7.67. The lowest BCUT2D eigenvalue weighted by atomic mass is 9.94. The third kappa shape index (κ3) is 4.48. The van der Waals surface area contributed by atoms with Gasteiger partial charge in [-0.25, -0.2) is 8.78 Å². The molecular formula is C28H31F2NO3. The molecule has 1 aliphatic heterocycles. The summed E-state index contributed by atoms with van der Waals surface area (Å²) < 4.78 is 34.8. The van der Waals surface area contributed by atoms with Gasteiger partial charge in [0.15, 0.2) is 0 Å². The van der Waals surface area contributed by atoms with E-state index in [1.165, 1.54) is 0 Å². The molecular weight excluding hydrogens is 436 g/mol. The molecule has 3 unspecified atom stereocenters. The molecule has 1 saturated carbocycles. The van der Waals surface area contributed by atoms with Crippen LogP contribution in [0.2, 0.25) is 0 Å². The Bertz CT molecular complexity index is 1110. The molecule has 4 nitrogen and oxygen atoms in total. The summed E-state index contributed by atoms with van der Waals surface area (Å²) in [6, 6.07) is 9.34. The summed E-state index contributed by atoms with van der Waals surface area (Å²) in [5.74, 6) is -2.62. The minimum absolute atomic E-state index is 0.0798. The minimum atomic E-state index is -2.88. The lowest BCUT2D eigenvalue weighted by Gasteiger charge is -2.25. The highest BCUT2D eigenvalue weighted by Crippen LogP contribution is 2.59. The number of hydrogen-bond acceptors (Lipinski definition) is 3. The number of alkyl halides is 2. The second kappa shape index (κ2) is 8.49. The van der Waals surface area contributed by atoms with Crippen LogP contribution in [0.3, 0.4) is 0 Å². The van der Waals surface area contributed by atoms with E-state index in [0.29, 0.717) is 24.6 Å². The average molecular weight is 468 g/mol.